The summed E-state index contributed by atoms with van der Waals surface area (Å²) >= 11 is -1.86. The Bertz CT molecular complexity index is 1010. The summed E-state index contributed by atoms with van der Waals surface area (Å²) in [5.41, 5.74) is 15.2. The molecule has 0 aromatic heterocycles. The van der Waals surface area contributed by atoms with Gasteiger partial charge in [0, 0.05) is 0 Å². The zero-order valence-corrected chi connectivity index (χ0v) is 22.1. The summed E-state index contributed by atoms with van der Waals surface area (Å²) in [7, 11) is 0. The van der Waals surface area contributed by atoms with E-state index in [1.54, 1.807) is 22.3 Å². The van der Waals surface area contributed by atoms with Crippen LogP contribution in [-0.4, -0.2) is 5.43 Å². The van der Waals surface area contributed by atoms with Crippen molar-refractivity contribution < 1.29 is 20.4 Å². The van der Waals surface area contributed by atoms with Crippen LogP contribution in [0.2, 0.25) is 13.1 Å². The summed E-state index contributed by atoms with van der Waals surface area (Å²) in [5.74, 6) is 0. The van der Waals surface area contributed by atoms with Crippen molar-refractivity contribution in [2.45, 2.75) is 61.9 Å². The Balaban J connectivity index is 1.95. The van der Waals surface area contributed by atoms with Gasteiger partial charge in [-0.05, 0) is 0 Å². The van der Waals surface area contributed by atoms with Gasteiger partial charge in [-0.1, -0.05) is 0 Å². The maximum atomic E-state index is 2.68. The summed E-state index contributed by atoms with van der Waals surface area (Å²) in [6, 6.07) is 9.38. The third-order valence-electron chi connectivity index (χ3n) is 6.84. The van der Waals surface area contributed by atoms with Crippen molar-refractivity contribution in [1.29, 1.82) is 0 Å². The predicted octanol–water partition coefficient (Wildman–Crippen LogP) is 7.41. The number of rotatable bonds is 2. The van der Waals surface area contributed by atoms with Gasteiger partial charge in [-0.15, -0.1) is 0 Å². The van der Waals surface area contributed by atoms with Crippen LogP contribution in [0.5, 0.6) is 0 Å². The summed E-state index contributed by atoms with van der Waals surface area (Å²) in [5, 5.41) is 0. The van der Waals surface area contributed by atoms with E-state index < -0.39 is 20.4 Å². The standard InChI is InChI=1S/2C12H13.C2H6Si.Zr/c2*1-8-4-5-9(2)12-10(3)6-7-11(8)12;1-3-2;/h2*4-7H,1-3H3;1-2H3;. The van der Waals surface area contributed by atoms with E-state index in [2.05, 4.69) is 91.1 Å². The molecule has 2 aliphatic rings. The van der Waals surface area contributed by atoms with E-state index in [0.717, 1.165) is 7.25 Å². The second-order valence-electron chi connectivity index (χ2n) is 9.09. The van der Waals surface area contributed by atoms with Crippen LogP contribution >= 0.6 is 0 Å². The Morgan fingerprint density at radius 2 is 0.964 bits per heavy atom. The van der Waals surface area contributed by atoms with E-state index in [1.807, 2.05) is 0 Å². The normalized spacial score (nSPS) is 19.9. The number of hydrogen-bond acceptors (Lipinski definition) is 0. The summed E-state index contributed by atoms with van der Waals surface area (Å²) < 4.78 is 1.47. The van der Waals surface area contributed by atoms with Gasteiger partial charge in [0.05, 0.1) is 0 Å². The van der Waals surface area contributed by atoms with Gasteiger partial charge in [0.15, 0.2) is 0 Å². The van der Waals surface area contributed by atoms with E-state index in [4.69, 9.17) is 0 Å². The first-order valence-electron chi connectivity index (χ1n) is 10.5. The molecule has 0 saturated heterocycles. The van der Waals surface area contributed by atoms with E-state index in [-0.39, 0.29) is 5.43 Å². The summed E-state index contributed by atoms with van der Waals surface area (Å²) in [6.45, 7) is 19.2. The molecule has 0 N–H and O–H groups in total. The van der Waals surface area contributed by atoms with Gasteiger partial charge in [-0.2, -0.15) is 0 Å². The average molecular weight is 464 g/mol. The fraction of sp³-hybridized carbons (Fsp3) is 0.385. The van der Waals surface area contributed by atoms with Crippen molar-refractivity contribution in [2.24, 2.45) is 0 Å². The van der Waals surface area contributed by atoms with Crippen molar-refractivity contribution in [3.63, 3.8) is 0 Å². The fourth-order valence-corrected chi connectivity index (χ4v) is 25.2. The number of benzene rings is 2. The van der Waals surface area contributed by atoms with Gasteiger partial charge in [0.1, 0.15) is 0 Å². The minimum absolute atomic E-state index is 0.319. The first-order chi connectivity index (χ1) is 13.2. The molecule has 2 aliphatic carbocycles. The third-order valence-corrected chi connectivity index (χ3v) is 25.7. The molecule has 2 unspecified atom stereocenters. The van der Waals surface area contributed by atoms with Gasteiger partial charge < -0.3 is 0 Å². The van der Waals surface area contributed by atoms with Crippen LogP contribution in [0.25, 0.3) is 11.1 Å². The molecule has 0 spiro atoms. The molecular formula is C26H32SiZr. The first-order valence-corrected chi connectivity index (χ1v) is 19.5. The van der Waals surface area contributed by atoms with Crippen LogP contribution in [0.1, 0.15) is 65.6 Å². The Labute approximate surface area is 179 Å². The molecule has 4 rings (SSSR count). The SMILES string of the molecule is CC1=C[CH]([Zr]([CH]2C=C(C)c3c(C)ccc(C)c32)=[Si](C)C)c2c(C)ccc(C)c21. The van der Waals surface area contributed by atoms with Gasteiger partial charge in [-0.25, -0.2) is 0 Å². The van der Waals surface area contributed by atoms with Crippen LogP contribution < -0.4 is 0 Å². The minimum atomic E-state index is -1.86. The molecule has 2 atom stereocenters. The first kappa shape index (κ1) is 20.3. The quantitative estimate of drug-likeness (QED) is 0.407. The number of allylic oxidation sites excluding steroid dienone is 4. The molecule has 0 amide bonds. The second kappa shape index (κ2) is 7.37. The van der Waals surface area contributed by atoms with Crippen molar-refractivity contribution in [3.8, 4) is 0 Å². The predicted molar refractivity (Wildman–Crippen MR) is 122 cm³/mol. The molecule has 0 nitrogen and oxygen atoms in total. The molecule has 0 aliphatic heterocycles. The van der Waals surface area contributed by atoms with Crippen molar-refractivity contribution in [2.75, 3.05) is 0 Å². The van der Waals surface area contributed by atoms with E-state index in [9.17, 15) is 0 Å². The fourth-order valence-electron chi connectivity index (χ4n) is 5.65. The molecule has 0 saturated carbocycles. The number of aryl methyl sites for hydroxylation is 4. The Hall–Kier alpha value is -0.980. The van der Waals surface area contributed by atoms with Crippen molar-refractivity contribution in [3.05, 3.63) is 80.9 Å². The molecule has 0 bridgehead atoms. The zero-order chi connectivity index (χ0) is 20.3. The second-order valence-corrected chi connectivity index (χ2v) is 27.2. The molecule has 0 radical (unpaired) electrons. The Kier molecular flexibility index (Phi) is 5.34. The molecular weight excluding hydrogens is 432 g/mol. The van der Waals surface area contributed by atoms with Crippen molar-refractivity contribution >= 4 is 16.6 Å². The van der Waals surface area contributed by atoms with E-state index in [0.29, 0.717) is 0 Å². The molecule has 2 heteroatoms. The monoisotopic (exact) mass is 462 g/mol. The van der Waals surface area contributed by atoms with E-state index >= 15 is 0 Å². The van der Waals surface area contributed by atoms with Crippen LogP contribution in [0.4, 0.5) is 0 Å². The summed E-state index contributed by atoms with van der Waals surface area (Å²) in [4.78, 5) is 0. The van der Waals surface area contributed by atoms with Crippen LogP contribution in [0.15, 0.2) is 36.4 Å². The van der Waals surface area contributed by atoms with Crippen molar-refractivity contribution in [1.82, 2.24) is 0 Å². The molecule has 144 valence electrons. The zero-order valence-electron chi connectivity index (χ0n) is 18.6. The average Bonchev–Trinajstić information content (AvgIpc) is 3.14. The summed E-state index contributed by atoms with van der Waals surface area (Å²) in [6.07, 6.45) is 5.37. The molecule has 28 heavy (non-hydrogen) atoms. The van der Waals surface area contributed by atoms with Crippen LogP contribution in [0, 0.1) is 27.7 Å². The van der Waals surface area contributed by atoms with Gasteiger partial charge in [0.25, 0.3) is 0 Å². The number of fused-ring (bicyclic) bond motifs is 2. The molecule has 0 fully saturated rings. The van der Waals surface area contributed by atoms with E-state index in [1.165, 1.54) is 33.4 Å². The topological polar surface area (TPSA) is 0 Å². The molecule has 0 heterocycles. The third kappa shape index (κ3) is 3.03. The van der Waals surface area contributed by atoms with Gasteiger partial charge in [0.2, 0.25) is 0 Å². The van der Waals surface area contributed by atoms with Crippen LogP contribution in [0.3, 0.4) is 0 Å². The van der Waals surface area contributed by atoms with Crippen LogP contribution in [-0.2, 0) is 20.4 Å². The number of hydrogen-bond donors (Lipinski definition) is 0. The molecule has 2 aromatic rings. The van der Waals surface area contributed by atoms with Gasteiger partial charge in [-0.3, -0.25) is 0 Å². The maximum absolute atomic E-state index is 2.68. The Morgan fingerprint density at radius 3 is 1.32 bits per heavy atom. The molecule has 2 aromatic carbocycles. The van der Waals surface area contributed by atoms with Gasteiger partial charge >= 0.3 is 180 Å². The Morgan fingerprint density at radius 1 is 0.607 bits per heavy atom.